The Morgan fingerprint density at radius 3 is 2.12 bits per heavy atom. The molecule has 4 nitrogen and oxygen atoms in total. The molecule has 7 heteroatoms. The van der Waals surface area contributed by atoms with Crippen molar-refractivity contribution in [1.29, 1.82) is 0 Å². The van der Waals surface area contributed by atoms with Crippen LogP contribution in [0.15, 0.2) is 0 Å². The smallest absolute Gasteiger partial charge is 0.351 e. The highest BCUT2D eigenvalue weighted by Crippen LogP contribution is 2.62. The monoisotopic (exact) mass is 372 g/mol. The van der Waals surface area contributed by atoms with Gasteiger partial charge in [-0.1, -0.05) is 13.8 Å². The lowest BCUT2D eigenvalue weighted by Gasteiger charge is -2.43. The molecule has 0 aromatic heterocycles. The molecule has 3 aliphatic carbocycles. The maximum absolute atomic E-state index is 13.5. The van der Waals surface area contributed by atoms with Gasteiger partial charge in [-0.25, -0.2) is 0 Å². The Morgan fingerprint density at radius 1 is 1.04 bits per heavy atom. The predicted molar refractivity (Wildman–Crippen MR) is 89.0 cm³/mol. The molecule has 4 aliphatic rings. The molecule has 0 bridgehead atoms. The number of likely N-dealkylation sites (tertiary alicyclic amines) is 1. The first-order chi connectivity index (χ1) is 12.0. The van der Waals surface area contributed by atoms with Gasteiger partial charge in [-0.2, -0.15) is 13.2 Å². The van der Waals surface area contributed by atoms with Crippen LogP contribution < -0.4 is 5.32 Å². The van der Waals surface area contributed by atoms with E-state index in [1.807, 2.05) is 13.8 Å². The third kappa shape index (κ3) is 2.91. The maximum Gasteiger partial charge on any atom is 0.395 e. The Morgan fingerprint density at radius 2 is 1.69 bits per heavy atom. The van der Waals surface area contributed by atoms with Crippen LogP contribution in [0.25, 0.3) is 0 Å². The van der Waals surface area contributed by atoms with E-state index in [1.54, 1.807) is 0 Å². The van der Waals surface area contributed by atoms with Crippen molar-refractivity contribution in [3.05, 3.63) is 0 Å². The molecule has 0 radical (unpaired) electrons. The summed E-state index contributed by atoms with van der Waals surface area (Å²) in [6, 6.07) is -1.03. The molecule has 1 N–H and O–H groups in total. The van der Waals surface area contributed by atoms with E-state index in [0.29, 0.717) is 5.92 Å². The van der Waals surface area contributed by atoms with E-state index >= 15 is 0 Å². The third-order valence-corrected chi connectivity index (χ3v) is 7.27. The van der Waals surface area contributed by atoms with Gasteiger partial charge in [0, 0.05) is 19.0 Å². The lowest BCUT2D eigenvalue weighted by molar-refractivity contribution is -0.177. The summed E-state index contributed by atoms with van der Waals surface area (Å²) in [5, 5.41) is 2.64. The fraction of sp³-hybridized carbons (Fsp3) is 0.895. The first-order valence-corrected chi connectivity index (χ1v) is 9.71. The molecule has 0 aromatic carbocycles. The molecule has 4 fully saturated rings. The van der Waals surface area contributed by atoms with Crippen molar-refractivity contribution in [1.82, 2.24) is 10.2 Å². The van der Waals surface area contributed by atoms with Gasteiger partial charge in [0.2, 0.25) is 11.8 Å². The molecule has 3 atom stereocenters. The zero-order valence-electron chi connectivity index (χ0n) is 15.4. The average Bonchev–Trinajstić information content (AvgIpc) is 3.40. The van der Waals surface area contributed by atoms with Crippen LogP contribution in [0.5, 0.6) is 0 Å². The van der Waals surface area contributed by atoms with Crippen molar-refractivity contribution in [2.75, 3.05) is 13.1 Å². The van der Waals surface area contributed by atoms with Crippen LogP contribution in [0.1, 0.15) is 52.4 Å². The lowest BCUT2D eigenvalue weighted by atomic mass is 9.62. The molecule has 1 aliphatic heterocycles. The summed E-state index contributed by atoms with van der Waals surface area (Å²) in [7, 11) is 0. The topological polar surface area (TPSA) is 49.4 Å². The van der Waals surface area contributed by atoms with Crippen LogP contribution in [-0.2, 0) is 9.59 Å². The van der Waals surface area contributed by atoms with Gasteiger partial charge in [-0.05, 0) is 49.9 Å². The normalized spacial score (nSPS) is 35.0. The van der Waals surface area contributed by atoms with Crippen LogP contribution in [0.4, 0.5) is 13.2 Å². The summed E-state index contributed by atoms with van der Waals surface area (Å²) >= 11 is 0. The van der Waals surface area contributed by atoms with Gasteiger partial charge >= 0.3 is 6.18 Å². The second-order valence-corrected chi connectivity index (χ2v) is 9.48. The number of carbonyl (C=O) groups is 2. The van der Waals surface area contributed by atoms with Gasteiger partial charge in [-0.3, -0.25) is 9.59 Å². The van der Waals surface area contributed by atoms with Crippen LogP contribution in [0.3, 0.4) is 0 Å². The zero-order valence-corrected chi connectivity index (χ0v) is 15.4. The van der Waals surface area contributed by atoms with Crippen molar-refractivity contribution >= 4 is 11.8 Å². The number of carbonyl (C=O) groups excluding carboxylic acids is 2. The molecule has 4 rings (SSSR count). The Kier molecular flexibility index (Phi) is 3.91. The predicted octanol–water partition coefficient (Wildman–Crippen LogP) is 3.12. The van der Waals surface area contributed by atoms with Crippen LogP contribution >= 0.6 is 0 Å². The minimum absolute atomic E-state index is 0.0175. The Bertz CT molecular complexity index is 623. The van der Waals surface area contributed by atoms with Crippen molar-refractivity contribution in [3.63, 3.8) is 0 Å². The van der Waals surface area contributed by atoms with Gasteiger partial charge in [0.05, 0.1) is 17.4 Å². The van der Waals surface area contributed by atoms with Crippen molar-refractivity contribution in [3.8, 4) is 0 Å². The first-order valence-electron chi connectivity index (χ1n) is 9.71. The Hall–Kier alpha value is -1.27. The van der Waals surface area contributed by atoms with Crippen LogP contribution in [-0.4, -0.2) is 42.0 Å². The Labute approximate surface area is 151 Å². The molecule has 0 spiro atoms. The van der Waals surface area contributed by atoms with E-state index in [9.17, 15) is 22.8 Å². The second-order valence-electron chi connectivity index (χ2n) is 9.48. The Balaban J connectivity index is 1.46. The summed E-state index contributed by atoms with van der Waals surface area (Å²) in [5.74, 6) is -1.95. The minimum Gasteiger partial charge on any atom is -0.351 e. The van der Waals surface area contributed by atoms with E-state index in [4.69, 9.17) is 0 Å². The molecule has 3 saturated carbocycles. The molecule has 1 heterocycles. The number of nitrogens with one attached hydrogen (secondary N) is 1. The lowest BCUT2D eigenvalue weighted by Crippen LogP contribution is -2.52. The van der Waals surface area contributed by atoms with Crippen LogP contribution in [0, 0.1) is 28.6 Å². The standard InChI is InChI=1S/C19H27F3N2O2/c1-17(2)6-5-12(17)15(25)23-14-10-24(9-13(14)19(20,21)22)16(26)18(7-8-18)11-3-4-11/h11-14H,3-10H2,1-2H3,(H,23,25)/t12?,13-,14-/m1/s1. The molecule has 1 saturated heterocycles. The fourth-order valence-corrected chi connectivity index (χ4v) is 4.97. The van der Waals surface area contributed by atoms with Crippen molar-refractivity contribution < 1.29 is 22.8 Å². The average molecular weight is 372 g/mol. The highest BCUT2D eigenvalue weighted by Gasteiger charge is 2.62. The molecule has 1 unspecified atom stereocenters. The van der Waals surface area contributed by atoms with Gasteiger partial charge in [-0.15, -0.1) is 0 Å². The van der Waals surface area contributed by atoms with E-state index in [1.165, 1.54) is 4.90 Å². The number of halogens is 3. The van der Waals surface area contributed by atoms with E-state index < -0.39 is 18.1 Å². The number of alkyl halides is 3. The zero-order chi connectivity index (χ0) is 18.9. The number of amides is 2. The number of hydrogen-bond acceptors (Lipinski definition) is 2. The van der Waals surface area contributed by atoms with Gasteiger partial charge in [0.15, 0.2) is 0 Å². The molecular formula is C19H27F3N2O2. The number of nitrogens with zero attached hydrogens (tertiary/aromatic N) is 1. The second kappa shape index (κ2) is 5.61. The molecular weight excluding hydrogens is 345 g/mol. The highest BCUT2D eigenvalue weighted by molar-refractivity contribution is 5.87. The molecule has 2 amide bonds. The highest BCUT2D eigenvalue weighted by atomic mass is 19.4. The fourth-order valence-electron chi connectivity index (χ4n) is 4.97. The van der Waals surface area contributed by atoms with E-state index in [-0.39, 0.29) is 41.7 Å². The van der Waals surface area contributed by atoms with Gasteiger partial charge < -0.3 is 10.2 Å². The summed E-state index contributed by atoms with van der Waals surface area (Å²) in [6.07, 6.45) is 0.841. The molecule has 0 aromatic rings. The van der Waals surface area contributed by atoms with Gasteiger partial charge in [0.1, 0.15) is 0 Å². The number of rotatable bonds is 4. The van der Waals surface area contributed by atoms with Crippen molar-refractivity contribution in [2.24, 2.45) is 28.6 Å². The summed E-state index contributed by atoms with van der Waals surface area (Å²) < 4.78 is 40.6. The SMILES string of the molecule is CC1(C)CCC1C(=O)N[C@@H]1CN(C(=O)C2(C3CC3)CC2)C[C@H]1C(F)(F)F. The number of hydrogen-bond donors (Lipinski definition) is 1. The van der Waals surface area contributed by atoms with Crippen molar-refractivity contribution in [2.45, 2.75) is 64.6 Å². The quantitative estimate of drug-likeness (QED) is 0.824. The maximum atomic E-state index is 13.5. The van der Waals surface area contributed by atoms with E-state index in [2.05, 4.69) is 5.32 Å². The summed E-state index contributed by atoms with van der Waals surface area (Å²) in [4.78, 5) is 26.7. The largest absolute Gasteiger partial charge is 0.395 e. The molecule has 146 valence electrons. The third-order valence-electron chi connectivity index (χ3n) is 7.27. The van der Waals surface area contributed by atoms with E-state index in [0.717, 1.165) is 38.5 Å². The van der Waals surface area contributed by atoms with Gasteiger partial charge in [0.25, 0.3) is 0 Å². The summed E-state index contributed by atoms with van der Waals surface area (Å²) in [5.41, 5.74) is -0.541. The first kappa shape index (κ1) is 18.1. The minimum atomic E-state index is -4.42. The molecule has 26 heavy (non-hydrogen) atoms. The van der Waals surface area contributed by atoms with Crippen LogP contribution in [0.2, 0.25) is 0 Å². The summed E-state index contributed by atoms with van der Waals surface area (Å²) in [6.45, 7) is 3.60.